The number of hydrogen-bond donors (Lipinski definition) is 2. The van der Waals surface area contributed by atoms with Crippen molar-refractivity contribution in [2.45, 2.75) is 19.9 Å². The van der Waals surface area contributed by atoms with Gasteiger partial charge in [-0.3, -0.25) is 0 Å². The molecule has 0 aliphatic rings. The first-order valence-electron chi connectivity index (χ1n) is 5.58. The van der Waals surface area contributed by atoms with Gasteiger partial charge in [-0.15, -0.1) is 0 Å². The molecule has 2 N–H and O–H groups in total. The first kappa shape index (κ1) is 13.6. The second kappa shape index (κ2) is 7.76. The lowest BCUT2D eigenvalue weighted by Crippen LogP contribution is -2.21. The summed E-state index contributed by atoms with van der Waals surface area (Å²) in [5, 5.41) is 6.55. The van der Waals surface area contributed by atoms with Gasteiger partial charge in [0, 0.05) is 11.0 Å². The molecule has 0 aliphatic carbocycles. The Morgan fingerprint density at radius 3 is 2.62 bits per heavy atom. The zero-order chi connectivity index (χ0) is 11.8. The summed E-state index contributed by atoms with van der Waals surface area (Å²) in [7, 11) is 0. The summed E-state index contributed by atoms with van der Waals surface area (Å²) in [6.45, 7) is 5.79. The highest BCUT2D eigenvalue weighted by atomic mass is 79.9. The van der Waals surface area contributed by atoms with Crippen LogP contribution >= 0.6 is 15.9 Å². The highest BCUT2D eigenvalue weighted by Crippen LogP contribution is 2.14. The Kier molecular flexibility index (Phi) is 6.61. The van der Waals surface area contributed by atoms with Crippen molar-refractivity contribution in [3.63, 3.8) is 0 Å². The van der Waals surface area contributed by atoms with E-state index < -0.39 is 0 Å². The van der Waals surface area contributed by atoms with Crippen LogP contribution in [0.2, 0.25) is 0 Å². The smallest absolute Gasteiger partial charge is 0.124 e. The number of halogens is 2. The summed E-state index contributed by atoms with van der Waals surface area (Å²) >= 11 is 3.28. The average Bonchev–Trinajstić information content (AvgIpc) is 2.22. The predicted octanol–water partition coefficient (Wildman–Crippen LogP) is 2.68. The molecule has 0 unspecified atom stereocenters. The fraction of sp³-hybridized carbons (Fsp3) is 0.500. The fourth-order valence-electron chi connectivity index (χ4n) is 1.46. The molecule has 2 nitrogen and oxygen atoms in total. The van der Waals surface area contributed by atoms with Crippen molar-refractivity contribution in [2.75, 3.05) is 19.6 Å². The molecule has 16 heavy (non-hydrogen) atoms. The van der Waals surface area contributed by atoms with Crippen molar-refractivity contribution in [1.29, 1.82) is 0 Å². The molecule has 0 saturated heterocycles. The van der Waals surface area contributed by atoms with E-state index >= 15 is 0 Å². The van der Waals surface area contributed by atoms with Gasteiger partial charge >= 0.3 is 0 Å². The van der Waals surface area contributed by atoms with E-state index in [-0.39, 0.29) is 5.82 Å². The number of nitrogens with one attached hydrogen (secondary N) is 2. The molecule has 0 aliphatic heterocycles. The molecule has 0 heterocycles. The number of rotatable bonds is 7. The molecule has 0 bridgehead atoms. The van der Waals surface area contributed by atoms with E-state index in [4.69, 9.17) is 0 Å². The molecular weight excluding hydrogens is 271 g/mol. The van der Waals surface area contributed by atoms with Crippen LogP contribution < -0.4 is 10.6 Å². The maximum atomic E-state index is 13.0. The SMILES string of the molecule is CCNCCCNCc1cc(F)cc(Br)c1. The Labute approximate surface area is 105 Å². The lowest BCUT2D eigenvalue weighted by atomic mass is 10.2. The van der Waals surface area contributed by atoms with Crippen LogP contribution in [0, 0.1) is 5.82 Å². The van der Waals surface area contributed by atoms with Gasteiger partial charge in [0.15, 0.2) is 0 Å². The van der Waals surface area contributed by atoms with E-state index in [2.05, 4.69) is 33.5 Å². The summed E-state index contributed by atoms with van der Waals surface area (Å²) in [4.78, 5) is 0. The lowest BCUT2D eigenvalue weighted by molar-refractivity contribution is 0.598. The van der Waals surface area contributed by atoms with Gasteiger partial charge in [0.2, 0.25) is 0 Å². The lowest BCUT2D eigenvalue weighted by Gasteiger charge is -2.06. The molecular formula is C12H18BrFN2. The van der Waals surface area contributed by atoms with Gasteiger partial charge in [-0.2, -0.15) is 0 Å². The Morgan fingerprint density at radius 2 is 1.94 bits per heavy atom. The van der Waals surface area contributed by atoms with Gasteiger partial charge in [-0.1, -0.05) is 22.9 Å². The van der Waals surface area contributed by atoms with Crippen LogP contribution in [0.25, 0.3) is 0 Å². The molecule has 4 heteroatoms. The van der Waals surface area contributed by atoms with Crippen molar-refractivity contribution in [3.05, 3.63) is 34.1 Å². The second-order valence-electron chi connectivity index (χ2n) is 3.66. The molecule has 0 aromatic heterocycles. The largest absolute Gasteiger partial charge is 0.317 e. The first-order valence-corrected chi connectivity index (χ1v) is 6.38. The Balaban J connectivity index is 2.21. The highest BCUT2D eigenvalue weighted by Gasteiger charge is 1.98. The summed E-state index contributed by atoms with van der Waals surface area (Å²) in [6, 6.07) is 4.96. The molecule has 0 radical (unpaired) electrons. The second-order valence-corrected chi connectivity index (χ2v) is 4.58. The van der Waals surface area contributed by atoms with E-state index in [0.29, 0.717) is 6.54 Å². The topological polar surface area (TPSA) is 24.1 Å². The number of benzene rings is 1. The number of hydrogen-bond acceptors (Lipinski definition) is 2. The molecule has 1 rings (SSSR count). The molecule has 0 spiro atoms. The third-order valence-electron chi connectivity index (χ3n) is 2.21. The van der Waals surface area contributed by atoms with Crippen LogP contribution in [0.5, 0.6) is 0 Å². The minimum absolute atomic E-state index is 0.196. The van der Waals surface area contributed by atoms with E-state index in [1.54, 1.807) is 6.07 Å². The standard InChI is InChI=1S/C12H18BrFN2/c1-2-15-4-3-5-16-9-10-6-11(13)8-12(14)7-10/h6-8,15-16H,2-5,9H2,1H3. The minimum atomic E-state index is -0.196. The third kappa shape index (κ3) is 5.58. The van der Waals surface area contributed by atoms with Crippen molar-refractivity contribution < 1.29 is 4.39 Å². The molecule has 1 aromatic rings. The van der Waals surface area contributed by atoms with Gasteiger partial charge in [-0.05, 0) is 49.8 Å². The summed E-state index contributed by atoms with van der Waals surface area (Å²) in [5.41, 5.74) is 0.968. The van der Waals surface area contributed by atoms with E-state index in [1.165, 1.54) is 6.07 Å². The fourth-order valence-corrected chi connectivity index (χ4v) is 1.97. The van der Waals surface area contributed by atoms with Crippen molar-refractivity contribution in [1.82, 2.24) is 10.6 Å². The highest BCUT2D eigenvalue weighted by molar-refractivity contribution is 9.10. The van der Waals surface area contributed by atoms with E-state index in [9.17, 15) is 4.39 Å². The molecule has 0 fully saturated rings. The molecule has 0 atom stereocenters. The first-order chi connectivity index (χ1) is 7.72. The van der Waals surface area contributed by atoms with Crippen LogP contribution in [-0.4, -0.2) is 19.6 Å². The van der Waals surface area contributed by atoms with Crippen LogP contribution in [0.4, 0.5) is 4.39 Å². The maximum Gasteiger partial charge on any atom is 0.124 e. The zero-order valence-electron chi connectivity index (χ0n) is 9.52. The van der Waals surface area contributed by atoms with Gasteiger partial charge in [0.1, 0.15) is 5.82 Å². The zero-order valence-corrected chi connectivity index (χ0v) is 11.1. The summed E-state index contributed by atoms with van der Waals surface area (Å²) in [6.07, 6.45) is 1.09. The molecule has 1 aromatic carbocycles. The molecule has 0 saturated carbocycles. The minimum Gasteiger partial charge on any atom is -0.317 e. The monoisotopic (exact) mass is 288 g/mol. The van der Waals surface area contributed by atoms with Crippen LogP contribution in [0.3, 0.4) is 0 Å². The van der Waals surface area contributed by atoms with Crippen molar-refractivity contribution >= 4 is 15.9 Å². The van der Waals surface area contributed by atoms with Gasteiger partial charge in [0.25, 0.3) is 0 Å². The summed E-state index contributed by atoms with van der Waals surface area (Å²) in [5.74, 6) is -0.196. The van der Waals surface area contributed by atoms with E-state index in [1.807, 2.05) is 6.07 Å². The van der Waals surface area contributed by atoms with Crippen molar-refractivity contribution in [3.8, 4) is 0 Å². The van der Waals surface area contributed by atoms with Gasteiger partial charge in [-0.25, -0.2) is 4.39 Å². The normalized spacial score (nSPS) is 10.7. The van der Waals surface area contributed by atoms with Gasteiger partial charge < -0.3 is 10.6 Å². The molecule has 0 amide bonds. The van der Waals surface area contributed by atoms with E-state index in [0.717, 1.165) is 36.1 Å². The Hall–Kier alpha value is -0.450. The van der Waals surface area contributed by atoms with Crippen LogP contribution in [0.1, 0.15) is 18.9 Å². The van der Waals surface area contributed by atoms with Crippen molar-refractivity contribution in [2.24, 2.45) is 0 Å². The van der Waals surface area contributed by atoms with Gasteiger partial charge in [0.05, 0.1) is 0 Å². The predicted molar refractivity (Wildman–Crippen MR) is 69.0 cm³/mol. The Morgan fingerprint density at radius 1 is 1.19 bits per heavy atom. The van der Waals surface area contributed by atoms with Crippen LogP contribution in [0.15, 0.2) is 22.7 Å². The Bertz CT molecular complexity index is 298. The summed E-state index contributed by atoms with van der Waals surface area (Å²) < 4.78 is 13.8. The maximum absolute atomic E-state index is 13.0. The average molecular weight is 289 g/mol. The van der Waals surface area contributed by atoms with Crippen LogP contribution in [-0.2, 0) is 6.54 Å². The third-order valence-corrected chi connectivity index (χ3v) is 2.67. The quantitative estimate of drug-likeness (QED) is 0.754. The molecule has 90 valence electrons.